The van der Waals surface area contributed by atoms with Gasteiger partial charge in [0.25, 0.3) is 0 Å². The van der Waals surface area contributed by atoms with Gasteiger partial charge in [-0.05, 0) is 37.1 Å². The first-order valence-electron chi connectivity index (χ1n) is 5.41. The highest BCUT2D eigenvalue weighted by molar-refractivity contribution is 7.16. The second-order valence-electron chi connectivity index (χ2n) is 4.05. The zero-order chi connectivity index (χ0) is 12.4. The largest absolute Gasteiger partial charge is 0.294 e. The van der Waals surface area contributed by atoms with Gasteiger partial charge in [-0.25, -0.2) is 0 Å². The average molecular weight is 265 g/mol. The number of carbonyl (C=O) groups excluding carboxylic acids is 1. The first-order valence-corrected chi connectivity index (χ1v) is 6.61. The van der Waals surface area contributed by atoms with Gasteiger partial charge in [0.1, 0.15) is 0 Å². The van der Waals surface area contributed by atoms with Crippen molar-refractivity contribution in [1.82, 2.24) is 0 Å². The van der Waals surface area contributed by atoms with Gasteiger partial charge >= 0.3 is 0 Å². The maximum atomic E-state index is 12.2. The van der Waals surface area contributed by atoms with Crippen molar-refractivity contribution in [1.29, 1.82) is 0 Å². The summed E-state index contributed by atoms with van der Waals surface area (Å²) in [6.07, 6.45) is 0.432. The van der Waals surface area contributed by atoms with E-state index in [9.17, 15) is 4.79 Å². The van der Waals surface area contributed by atoms with Crippen LogP contribution in [0.4, 0.5) is 0 Å². The number of aryl methyl sites for hydroxylation is 1. The summed E-state index contributed by atoms with van der Waals surface area (Å²) in [5, 5.41) is 0. The van der Waals surface area contributed by atoms with E-state index in [1.54, 1.807) is 0 Å². The molecule has 0 saturated carbocycles. The Hall–Kier alpha value is -1.12. The lowest BCUT2D eigenvalue weighted by Crippen LogP contribution is -2.05. The summed E-state index contributed by atoms with van der Waals surface area (Å²) in [7, 11) is 0. The summed E-state index contributed by atoms with van der Waals surface area (Å²) < 4.78 is 0.730. The molecule has 2 rings (SSSR count). The van der Waals surface area contributed by atoms with Crippen molar-refractivity contribution in [2.45, 2.75) is 20.3 Å². The standard InChI is InChI=1S/C14H13ClOS/c1-9-4-3-5-12(10(9)2)13(16)8-11-6-7-14(15)17-11/h3-7H,8H2,1-2H3. The van der Waals surface area contributed by atoms with Gasteiger partial charge in [0.2, 0.25) is 0 Å². The number of halogens is 1. The van der Waals surface area contributed by atoms with Crippen LogP contribution in [0.15, 0.2) is 30.3 Å². The molecule has 0 amide bonds. The summed E-state index contributed by atoms with van der Waals surface area (Å²) in [6.45, 7) is 4.01. The molecule has 0 bridgehead atoms. The Bertz CT molecular complexity index is 557. The molecule has 88 valence electrons. The second kappa shape index (κ2) is 5.03. The molecule has 2 aromatic rings. The van der Waals surface area contributed by atoms with Crippen LogP contribution in [-0.4, -0.2) is 5.78 Å². The molecule has 0 fully saturated rings. The molecule has 0 unspecified atom stereocenters. The third-order valence-electron chi connectivity index (χ3n) is 2.87. The van der Waals surface area contributed by atoms with Crippen LogP contribution in [0.2, 0.25) is 4.34 Å². The average Bonchev–Trinajstić information content (AvgIpc) is 2.68. The summed E-state index contributed by atoms with van der Waals surface area (Å²) in [5.41, 5.74) is 3.04. The Balaban J connectivity index is 2.23. The number of ketones is 1. The van der Waals surface area contributed by atoms with Crippen molar-refractivity contribution in [3.8, 4) is 0 Å². The maximum Gasteiger partial charge on any atom is 0.168 e. The lowest BCUT2D eigenvalue weighted by Gasteiger charge is -2.06. The van der Waals surface area contributed by atoms with E-state index in [0.29, 0.717) is 6.42 Å². The number of Topliss-reactive ketones (excluding diaryl/α,β-unsaturated/α-hetero) is 1. The van der Waals surface area contributed by atoms with Crippen molar-refractivity contribution in [3.05, 3.63) is 56.2 Å². The Labute approximate surface area is 110 Å². The molecule has 17 heavy (non-hydrogen) atoms. The molecule has 0 spiro atoms. The molecular weight excluding hydrogens is 252 g/mol. The molecule has 3 heteroatoms. The molecule has 1 heterocycles. The van der Waals surface area contributed by atoms with Crippen molar-refractivity contribution >= 4 is 28.7 Å². The van der Waals surface area contributed by atoms with Gasteiger partial charge in [0.15, 0.2) is 5.78 Å². The molecule has 0 aliphatic heterocycles. The minimum Gasteiger partial charge on any atom is -0.294 e. The molecule has 0 saturated heterocycles. The fraction of sp³-hybridized carbons (Fsp3) is 0.214. The molecule has 1 nitrogen and oxygen atoms in total. The second-order valence-corrected chi connectivity index (χ2v) is 5.85. The predicted molar refractivity (Wildman–Crippen MR) is 73.3 cm³/mol. The topological polar surface area (TPSA) is 17.1 Å². The number of rotatable bonds is 3. The lowest BCUT2D eigenvalue weighted by atomic mass is 9.98. The Morgan fingerprint density at radius 3 is 2.65 bits per heavy atom. The predicted octanol–water partition coefficient (Wildman–Crippen LogP) is 4.44. The quantitative estimate of drug-likeness (QED) is 0.749. The molecular formula is C14H13ClOS. The normalized spacial score (nSPS) is 10.5. The van der Waals surface area contributed by atoms with E-state index in [1.165, 1.54) is 11.3 Å². The Morgan fingerprint density at radius 2 is 2.00 bits per heavy atom. The SMILES string of the molecule is Cc1cccc(C(=O)Cc2ccc(Cl)s2)c1C. The van der Waals surface area contributed by atoms with Crippen LogP contribution in [0, 0.1) is 13.8 Å². The Kier molecular flexibility index (Phi) is 3.65. The van der Waals surface area contributed by atoms with Crippen molar-refractivity contribution < 1.29 is 4.79 Å². The van der Waals surface area contributed by atoms with Crippen LogP contribution in [0.5, 0.6) is 0 Å². The minimum atomic E-state index is 0.157. The lowest BCUT2D eigenvalue weighted by molar-refractivity contribution is 0.0993. The van der Waals surface area contributed by atoms with Crippen LogP contribution >= 0.6 is 22.9 Å². The monoisotopic (exact) mass is 264 g/mol. The highest BCUT2D eigenvalue weighted by Gasteiger charge is 2.12. The van der Waals surface area contributed by atoms with E-state index in [2.05, 4.69) is 0 Å². The van der Waals surface area contributed by atoms with Gasteiger partial charge in [0, 0.05) is 16.9 Å². The van der Waals surface area contributed by atoms with Crippen molar-refractivity contribution in [2.24, 2.45) is 0 Å². The number of hydrogen-bond donors (Lipinski definition) is 0. The van der Waals surface area contributed by atoms with Gasteiger partial charge in [-0.2, -0.15) is 0 Å². The van der Waals surface area contributed by atoms with E-state index in [0.717, 1.165) is 25.9 Å². The summed E-state index contributed by atoms with van der Waals surface area (Å²) in [6, 6.07) is 9.58. The Morgan fingerprint density at radius 1 is 1.24 bits per heavy atom. The number of carbonyl (C=O) groups is 1. The van der Waals surface area contributed by atoms with E-state index in [1.807, 2.05) is 44.2 Å². The first kappa shape index (κ1) is 12.3. The summed E-state index contributed by atoms with van der Waals surface area (Å²) in [5.74, 6) is 0.157. The van der Waals surface area contributed by atoms with E-state index in [4.69, 9.17) is 11.6 Å². The highest BCUT2D eigenvalue weighted by atomic mass is 35.5. The van der Waals surface area contributed by atoms with Crippen LogP contribution in [-0.2, 0) is 6.42 Å². The van der Waals surface area contributed by atoms with E-state index in [-0.39, 0.29) is 5.78 Å². The molecule has 1 aromatic carbocycles. The molecule has 0 aliphatic carbocycles. The smallest absolute Gasteiger partial charge is 0.168 e. The molecule has 0 radical (unpaired) electrons. The highest BCUT2D eigenvalue weighted by Crippen LogP contribution is 2.23. The number of thiophene rings is 1. The van der Waals surface area contributed by atoms with Gasteiger partial charge < -0.3 is 0 Å². The molecule has 0 N–H and O–H groups in total. The van der Waals surface area contributed by atoms with Gasteiger partial charge in [-0.15, -0.1) is 11.3 Å². The van der Waals surface area contributed by atoms with Gasteiger partial charge in [0.05, 0.1) is 4.34 Å². The molecule has 0 aliphatic rings. The summed E-state index contributed by atoms with van der Waals surface area (Å²) >= 11 is 7.32. The number of hydrogen-bond acceptors (Lipinski definition) is 2. The minimum absolute atomic E-state index is 0.157. The van der Waals surface area contributed by atoms with Crippen LogP contribution in [0.25, 0.3) is 0 Å². The zero-order valence-corrected chi connectivity index (χ0v) is 11.4. The van der Waals surface area contributed by atoms with Crippen molar-refractivity contribution in [2.75, 3.05) is 0 Å². The third-order valence-corrected chi connectivity index (χ3v) is 4.10. The van der Waals surface area contributed by atoms with Crippen LogP contribution in [0.3, 0.4) is 0 Å². The molecule has 0 atom stereocenters. The fourth-order valence-electron chi connectivity index (χ4n) is 1.75. The van der Waals surface area contributed by atoms with E-state index < -0.39 is 0 Å². The van der Waals surface area contributed by atoms with Crippen molar-refractivity contribution in [3.63, 3.8) is 0 Å². The van der Waals surface area contributed by atoms with E-state index >= 15 is 0 Å². The van der Waals surface area contributed by atoms with Gasteiger partial charge in [-0.3, -0.25) is 4.79 Å². The zero-order valence-electron chi connectivity index (χ0n) is 9.79. The van der Waals surface area contributed by atoms with Gasteiger partial charge in [-0.1, -0.05) is 29.8 Å². The van der Waals surface area contributed by atoms with Crippen LogP contribution < -0.4 is 0 Å². The fourth-order valence-corrected chi connectivity index (χ4v) is 2.84. The molecule has 1 aromatic heterocycles. The summed E-state index contributed by atoms with van der Waals surface area (Å²) in [4.78, 5) is 13.2. The third kappa shape index (κ3) is 2.76. The maximum absolute atomic E-state index is 12.2. The number of benzene rings is 1. The first-order chi connectivity index (χ1) is 8.08. The van der Waals surface area contributed by atoms with Crippen LogP contribution in [0.1, 0.15) is 26.4 Å².